The topological polar surface area (TPSA) is 107 Å². The molecule has 2 aromatic heterocycles. The average molecular weight is 455 g/mol. The van der Waals surface area contributed by atoms with Gasteiger partial charge in [0, 0.05) is 36.8 Å². The molecule has 0 atom stereocenters. The van der Waals surface area contributed by atoms with E-state index in [0.29, 0.717) is 56.2 Å². The van der Waals surface area contributed by atoms with Gasteiger partial charge >= 0.3 is 0 Å². The molecule has 1 saturated carbocycles. The number of ether oxygens (including phenoxy) is 2. The second-order valence-electron chi connectivity index (χ2n) is 8.35. The fraction of sp³-hybridized carbons (Fsp3) is 0.455. The smallest absolute Gasteiger partial charge is 0.220 e. The number of nitriles is 2. The fourth-order valence-electron chi connectivity index (χ4n) is 3.95. The van der Waals surface area contributed by atoms with Crippen LogP contribution in [0.25, 0.3) is 0 Å². The number of hydrogen-bond acceptors (Lipinski definition) is 8. The molecule has 4 heterocycles. The molecule has 0 bridgehead atoms. The molecule has 5 rings (SSSR count). The molecule has 2 fully saturated rings. The van der Waals surface area contributed by atoms with Gasteiger partial charge in [-0.05, 0) is 30.9 Å². The lowest BCUT2D eigenvalue weighted by molar-refractivity contribution is -0.0815. The summed E-state index contributed by atoms with van der Waals surface area (Å²) >= 11 is 6.26. The lowest BCUT2D eigenvalue weighted by atomic mass is 9.96. The molecule has 32 heavy (non-hydrogen) atoms. The summed E-state index contributed by atoms with van der Waals surface area (Å²) in [5, 5.41) is 22.4. The molecule has 1 N–H and O–H groups in total. The minimum atomic E-state index is -0.627. The van der Waals surface area contributed by atoms with Crippen molar-refractivity contribution in [1.29, 1.82) is 10.5 Å². The lowest BCUT2D eigenvalue weighted by Gasteiger charge is -2.31. The highest BCUT2D eigenvalue weighted by Crippen LogP contribution is 2.41. The van der Waals surface area contributed by atoms with Crippen molar-refractivity contribution in [3.8, 4) is 18.0 Å². The molecular formula is C22H20ClFN6O2. The largest absolute Gasteiger partial charge is 0.469 e. The number of fused-ring (bicyclic) bond motifs is 1. The van der Waals surface area contributed by atoms with Crippen LogP contribution in [-0.4, -0.2) is 46.3 Å². The van der Waals surface area contributed by atoms with Crippen LogP contribution >= 0.6 is 11.6 Å². The van der Waals surface area contributed by atoms with E-state index in [1.165, 1.54) is 0 Å². The van der Waals surface area contributed by atoms with E-state index in [1.807, 2.05) is 0 Å². The van der Waals surface area contributed by atoms with Crippen LogP contribution in [0.4, 0.5) is 10.2 Å². The summed E-state index contributed by atoms with van der Waals surface area (Å²) in [5.74, 6) is 0.205. The Kier molecular flexibility index (Phi) is 5.34. The Morgan fingerprint density at radius 3 is 2.72 bits per heavy atom. The summed E-state index contributed by atoms with van der Waals surface area (Å²) < 4.78 is 25.2. The highest BCUT2D eigenvalue weighted by atomic mass is 35.5. The van der Waals surface area contributed by atoms with Gasteiger partial charge in [0.05, 0.1) is 24.8 Å². The van der Waals surface area contributed by atoms with Crippen molar-refractivity contribution < 1.29 is 13.9 Å². The van der Waals surface area contributed by atoms with Gasteiger partial charge in [-0.2, -0.15) is 19.9 Å². The van der Waals surface area contributed by atoms with Gasteiger partial charge in [0.15, 0.2) is 0 Å². The number of anilines is 1. The van der Waals surface area contributed by atoms with Gasteiger partial charge in [-0.25, -0.2) is 4.98 Å². The van der Waals surface area contributed by atoms with Crippen LogP contribution < -0.4 is 10.1 Å². The first-order valence-corrected chi connectivity index (χ1v) is 10.8. The minimum absolute atomic E-state index is 0.0749. The maximum Gasteiger partial charge on any atom is 0.220 e. The number of nitrogens with one attached hydrogen (secondary N) is 1. The van der Waals surface area contributed by atoms with Crippen molar-refractivity contribution in [2.45, 2.75) is 44.0 Å². The van der Waals surface area contributed by atoms with Crippen molar-refractivity contribution >= 4 is 17.4 Å². The SMILES string of the molecule is N#Cc1c(Cl)nc(NC2(C#N)CC2)c2c1CCN(Cc1ccc(OC3COC3)nc1F)C2. The molecule has 164 valence electrons. The van der Waals surface area contributed by atoms with Gasteiger partial charge in [-0.1, -0.05) is 11.6 Å². The minimum Gasteiger partial charge on any atom is -0.469 e. The van der Waals surface area contributed by atoms with Crippen LogP contribution in [0.3, 0.4) is 0 Å². The molecule has 10 heteroatoms. The van der Waals surface area contributed by atoms with Crippen LogP contribution in [0.1, 0.15) is 35.1 Å². The number of hydrogen-bond donors (Lipinski definition) is 1. The maximum atomic E-state index is 14.6. The van der Waals surface area contributed by atoms with Crippen molar-refractivity contribution in [2.75, 3.05) is 25.1 Å². The third-order valence-electron chi connectivity index (χ3n) is 6.05. The van der Waals surface area contributed by atoms with Crippen LogP contribution in [0.2, 0.25) is 5.15 Å². The van der Waals surface area contributed by atoms with Crippen LogP contribution in [0.15, 0.2) is 12.1 Å². The molecule has 8 nitrogen and oxygen atoms in total. The predicted molar refractivity (Wildman–Crippen MR) is 112 cm³/mol. The zero-order valence-electron chi connectivity index (χ0n) is 17.2. The highest BCUT2D eigenvalue weighted by Gasteiger charge is 2.44. The van der Waals surface area contributed by atoms with Crippen molar-refractivity contribution in [2.24, 2.45) is 0 Å². The Bertz CT molecular complexity index is 1150. The molecule has 2 aromatic rings. The summed E-state index contributed by atoms with van der Waals surface area (Å²) in [6.07, 6.45) is 1.97. The van der Waals surface area contributed by atoms with Crippen molar-refractivity contribution in [3.63, 3.8) is 0 Å². The van der Waals surface area contributed by atoms with E-state index in [4.69, 9.17) is 21.1 Å². The molecule has 2 aliphatic heterocycles. The second-order valence-corrected chi connectivity index (χ2v) is 8.71. The number of rotatable bonds is 6. The summed E-state index contributed by atoms with van der Waals surface area (Å²) in [6.45, 7) is 2.41. The first kappa shape index (κ1) is 20.9. The van der Waals surface area contributed by atoms with Gasteiger partial charge in [-0.3, -0.25) is 4.90 Å². The van der Waals surface area contributed by atoms with E-state index in [2.05, 4.69) is 32.3 Å². The molecule has 0 amide bonds. The molecule has 1 saturated heterocycles. The predicted octanol–water partition coefficient (Wildman–Crippen LogP) is 2.94. The van der Waals surface area contributed by atoms with Gasteiger partial charge in [0.25, 0.3) is 0 Å². The van der Waals surface area contributed by atoms with Crippen LogP contribution in [-0.2, 0) is 24.2 Å². The Morgan fingerprint density at radius 2 is 2.09 bits per heavy atom. The monoisotopic (exact) mass is 454 g/mol. The molecule has 0 radical (unpaired) electrons. The Balaban J connectivity index is 1.37. The molecule has 0 spiro atoms. The maximum absolute atomic E-state index is 14.6. The Morgan fingerprint density at radius 1 is 1.28 bits per heavy atom. The Hall–Kier alpha value is -2.98. The third kappa shape index (κ3) is 3.95. The Labute approximate surface area is 189 Å². The number of pyridine rings is 2. The molecule has 0 unspecified atom stereocenters. The molecule has 1 aliphatic carbocycles. The highest BCUT2D eigenvalue weighted by molar-refractivity contribution is 6.30. The van der Waals surface area contributed by atoms with E-state index in [-0.39, 0.29) is 17.1 Å². The first-order chi connectivity index (χ1) is 15.5. The number of aromatic nitrogens is 2. The first-order valence-electron chi connectivity index (χ1n) is 10.4. The van der Waals surface area contributed by atoms with Crippen molar-refractivity contribution in [1.82, 2.24) is 14.9 Å². The van der Waals surface area contributed by atoms with Crippen LogP contribution in [0, 0.1) is 28.6 Å². The average Bonchev–Trinajstić information content (AvgIpc) is 3.53. The molecular weight excluding hydrogens is 435 g/mol. The van der Waals surface area contributed by atoms with E-state index < -0.39 is 11.5 Å². The van der Waals surface area contributed by atoms with Crippen LogP contribution in [0.5, 0.6) is 5.88 Å². The van der Waals surface area contributed by atoms with E-state index in [9.17, 15) is 14.9 Å². The fourth-order valence-corrected chi connectivity index (χ4v) is 4.19. The van der Waals surface area contributed by atoms with Gasteiger partial charge in [0.1, 0.15) is 28.7 Å². The quantitative estimate of drug-likeness (QED) is 0.664. The summed E-state index contributed by atoms with van der Waals surface area (Å²) in [5.41, 5.74) is 1.86. The third-order valence-corrected chi connectivity index (χ3v) is 6.32. The number of nitrogens with zero attached hydrogens (tertiary/aromatic N) is 5. The standard InChI is InChI=1S/C22H20ClFN6O2/c23-19-16(7-25)15-3-6-30(9-17(15)21(28-19)29-22(12-26)4-5-22)8-13-1-2-18(27-20(13)24)32-14-10-31-11-14/h1-2,14H,3-6,8-11H2,(H,28,29). The van der Waals surface area contributed by atoms with Gasteiger partial charge in [-0.15, -0.1) is 0 Å². The van der Waals surface area contributed by atoms with E-state index in [0.717, 1.165) is 24.0 Å². The zero-order valence-corrected chi connectivity index (χ0v) is 18.0. The van der Waals surface area contributed by atoms with E-state index >= 15 is 0 Å². The summed E-state index contributed by atoms with van der Waals surface area (Å²) in [4.78, 5) is 10.4. The summed E-state index contributed by atoms with van der Waals surface area (Å²) in [7, 11) is 0. The van der Waals surface area contributed by atoms with Gasteiger partial charge in [0.2, 0.25) is 11.8 Å². The number of halogens is 2. The van der Waals surface area contributed by atoms with Gasteiger partial charge < -0.3 is 14.8 Å². The molecule has 0 aromatic carbocycles. The summed E-state index contributed by atoms with van der Waals surface area (Å²) in [6, 6.07) is 7.79. The normalized spacial score (nSPS) is 19.2. The zero-order chi connectivity index (χ0) is 22.3. The molecule has 3 aliphatic rings. The second kappa shape index (κ2) is 8.18. The van der Waals surface area contributed by atoms with Crippen molar-refractivity contribution in [3.05, 3.63) is 45.5 Å². The van der Waals surface area contributed by atoms with E-state index in [1.54, 1.807) is 12.1 Å². The lowest BCUT2D eigenvalue weighted by Crippen LogP contribution is -2.38.